The topological polar surface area (TPSA) is 33.1 Å². The van der Waals surface area contributed by atoms with Crippen molar-refractivity contribution in [2.24, 2.45) is 11.8 Å². The predicted octanol–water partition coefficient (Wildman–Crippen LogP) is 0.731. The Kier molecular flexibility index (Phi) is 2.92. The summed E-state index contributed by atoms with van der Waals surface area (Å²) in [6.07, 6.45) is 3.97. The highest BCUT2D eigenvalue weighted by Crippen LogP contribution is 2.31. The Morgan fingerprint density at radius 2 is 2.29 bits per heavy atom. The number of fused-ring (bicyclic) bond motifs is 1. The van der Waals surface area contributed by atoms with Crippen LogP contribution >= 0.6 is 0 Å². The molecule has 0 spiro atoms. The van der Waals surface area contributed by atoms with Crippen LogP contribution in [0.4, 0.5) is 0 Å². The van der Waals surface area contributed by atoms with Crippen molar-refractivity contribution >= 4 is 0 Å². The van der Waals surface area contributed by atoms with Crippen LogP contribution in [0.1, 0.15) is 12.7 Å². The molecular formula is C13H22N4. The number of nitrogens with one attached hydrogen (secondary N) is 1. The molecule has 3 atom stereocenters. The van der Waals surface area contributed by atoms with Crippen molar-refractivity contribution < 1.29 is 0 Å². The van der Waals surface area contributed by atoms with Crippen molar-refractivity contribution in [3.63, 3.8) is 0 Å². The minimum atomic E-state index is 0.735. The van der Waals surface area contributed by atoms with E-state index in [0.29, 0.717) is 0 Å². The third kappa shape index (κ3) is 2.00. The molecule has 94 valence electrons. The zero-order valence-corrected chi connectivity index (χ0v) is 10.8. The highest BCUT2D eigenvalue weighted by Gasteiger charge is 2.41. The van der Waals surface area contributed by atoms with Crippen LogP contribution in [0.5, 0.6) is 0 Å². The summed E-state index contributed by atoms with van der Waals surface area (Å²) in [6, 6.07) is 0.735. The minimum Gasteiger partial charge on any atom is -0.334 e. The van der Waals surface area contributed by atoms with Gasteiger partial charge in [-0.25, -0.2) is 4.98 Å². The van der Waals surface area contributed by atoms with Crippen LogP contribution in [0, 0.1) is 18.8 Å². The molecule has 4 nitrogen and oxygen atoms in total. The van der Waals surface area contributed by atoms with Gasteiger partial charge in [-0.15, -0.1) is 0 Å². The van der Waals surface area contributed by atoms with Gasteiger partial charge in [-0.1, -0.05) is 0 Å². The van der Waals surface area contributed by atoms with Crippen LogP contribution in [0.25, 0.3) is 0 Å². The van der Waals surface area contributed by atoms with Crippen LogP contribution in [0.3, 0.4) is 0 Å². The van der Waals surface area contributed by atoms with Crippen LogP contribution < -0.4 is 5.32 Å². The SMILES string of the molecule is Cc1nccn1CCN1CC2CNCC2C1C. The van der Waals surface area contributed by atoms with E-state index >= 15 is 0 Å². The summed E-state index contributed by atoms with van der Waals surface area (Å²) in [5, 5.41) is 3.51. The highest BCUT2D eigenvalue weighted by atomic mass is 15.2. The predicted molar refractivity (Wildman–Crippen MR) is 67.8 cm³/mol. The van der Waals surface area contributed by atoms with Gasteiger partial charge in [0.2, 0.25) is 0 Å². The van der Waals surface area contributed by atoms with E-state index in [2.05, 4.69) is 39.8 Å². The summed E-state index contributed by atoms with van der Waals surface area (Å²) >= 11 is 0. The largest absolute Gasteiger partial charge is 0.334 e. The fourth-order valence-corrected chi connectivity index (χ4v) is 3.43. The lowest BCUT2D eigenvalue weighted by atomic mass is 9.95. The fraction of sp³-hybridized carbons (Fsp3) is 0.769. The molecule has 2 aliphatic heterocycles. The van der Waals surface area contributed by atoms with E-state index in [9.17, 15) is 0 Å². The summed E-state index contributed by atoms with van der Waals surface area (Å²) in [6.45, 7) is 10.4. The number of aromatic nitrogens is 2. The average Bonchev–Trinajstić information content (AvgIpc) is 2.97. The Labute approximate surface area is 103 Å². The maximum absolute atomic E-state index is 4.27. The van der Waals surface area contributed by atoms with Gasteiger partial charge in [-0.2, -0.15) is 0 Å². The first-order valence-electron chi connectivity index (χ1n) is 6.68. The molecule has 2 fully saturated rings. The smallest absolute Gasteiger partial charge is 0.105 e. The molecule has 0 radical (unpaired) electrons. The monoisotopic (exact) mass is 234 g/mol. The highest BCUT2D eigenvalue weighted by molar-refractivity contribution is 4.97. The van der Waals surface area contributed by atoms with E-state index in [4.69, 9.17) is 0 Å². The number of likely N-dealkylation sites (tertiary alicyclic amines) is 1. The molecule has 0 aromatic carbocycles. The first-order chi connectivity index (χ1) is 8.25. The van der Waals surface area contributed by atoms with Crippen LogP contribution in [0.2, 0.25) is 0 Å². The first kappa shape index (κ1) is 11.2. The van der Waals surface area contributed by atoms with Crippen molar-refractivity contribution in [3.8, 4) is 0 Å². The van der Waals surface area contributed by atoms with Crippen LogP contribution in [0.15, 0.2) is 12.4 Å². The summed E-state index contributed by atoms with van der Waals surface area (Å²) in [4.78, 5) is 6.92. The van der Waals surface area contributed by atoms with Crippen LogP contribution in [-0.4, -0.2) is 46.7 Å². The Hall–Kier alpha value is -0.870. The van der Waals surface area contributed by atoms with E-state index in [1.54, 1.807) is 0 Å². The molecule has 3 rings (SSSR count). The van der Waals surface area contributed by atoms with Gasteiger partial charge in [-0.05, 0) is 38.8 Å². The number of hydrogen-bond donors (Lipinski definition) is 1. The Bertz CT molecular complexity index is 387. The Balaban J connectivity index is 1.58. The van der Waals surface area contributed by atoms with Gasteiger partial charge in [0.1, 0.15) is 5.82 Å². The van der Waals surface area contributed by atoms with Gasteiger partial charge < -0.3 is 9.88 Å². The Morgan fingerprint density at radius 3 is 3.00 bits per heavy atom. The van der Waals surface area contributed by atoms with E-state index in [0.717, 1.165) is 36.8 Å². The van der Waals surface area contributed by atoms with Gasteiger partial charge in [-0.3, -0.25) is 4.90 Å². The molecule has 1 N–H and O–H groups in total. The van der Waals surface area contributed by atoms with Crippen molar-refractivity contribution in [1.29, 1.82) is 0 Å². The second kappa shape index (κ2) is 4.42. The second-order valence-electron chi connectivity index (χ2n) is 5.49. The maximum atomic E-state index is 4.27. The molecule has 3 unspecified atom stereocenters. The number of imidazole rings is 1. The number of nitrogens with zero attached hydrogens (tertiary/aromatic N) is 3. The van der Waals surface area contributed by atoms with Crippen LogP contribution in [-0.2, 0) is 6.54 Å². The minimum absolute atomic E-state index is 0.735. The molecule has 2 saturated heterocycles. The van der Waals surface area contributed by atoms with Gasteiger partial charge >= 0.3 is 0 Å². The lowest BCUT2D eigenvalue weighted by molar-refractivity contribution is 0.230. The molecule has 1 aromatic heterocycles. The molecular weight excluding hydrogens is 212 g/mol. The van der Waals surface area contributed by atoms with E-state index in [-0.39, 0.29) is 0 Å². The number of aryl methyl sites for hydroxylation is 1. The molecule has 17 heavy (non-hydrogen) atoms. The molecule has 3 heterocycles. The molecule has 0 saturated carbocycles. The van der Waals surface area contributed by atoms with Gasteiger partial charge in [0.25, 0.3) is 0 Å². The lowest BCUT2D eigenvalue weighted by Gasteiger charge is -2.24. The quantitative estimate of drug-likeness (QED) is 0.837. The molecule has 0 amide bonds. The zero-order valence-electron chi connectivity index (χ0n) is 10.8. The van der Waals surface area contributed by atoms with E-state index < -0.39 is 0 Å². The molecule has 2 aliphatic rings. The van der Waals surface area contributed by atoms with E-state index in [1.807, 2.05) is 6.20 Å². The normalized spacial score (nSPS) is 33.2. The van der Waals surface area contributed by atoms with E-state index in [1.165, 1.54) is 19.6 Å². The molecule has 0 bridgehead atoms. The van der Waals surface area contributed by atoms with Crippen molar-refractivity contribution in [2.75, 3.05) is 26.2 Å². The molecule has 0 aliphatic carbocycles. The summed E-state index contributed by atoms with van der Waals surface area (Å²) < 4.78 is 2.25. The van der Waals surface area contributed by atoms with Gasteiger partial charge in [0.05, 0.1) is 0 Å². The number of hydrogen-bond acceptors (Lipinski definition) is 3. The van der Waals surface area contributed by atoms with Crippen molar-refractivity contribution in [2.45, 2.75) is 26.4 Å². The standard InChI is InChI=1S/C13H22N4/c1-10-13-8-14-7-12(13)9-17(10)6-5-16-4-3-15-11(16)2/h3-4,10,12-14H,5-9H2,1-2H3. The zero-order chi connectivity index (χ0) is 11.8. The summed E-state index contributed by atoms with van der Waals surface area (Å²) in [5.41, 5.74) is 0. The third-order valence-electron chi connectivity index (χ3n) is 4.61. The van der Waals surface area contributed by atoms with Crippen molar-refractivity contribution in [3.05, 3.63) is 18.2 Å². The maximum Gasteiger partial charge on any atom is 0.105 e. The third-order valence-corrected chi connectivity index (χ3v) is 4.61. The molecule has 1 aromatic rings. The first-order valence-corrected chi connectivity index (χ1v) is 6.68. The Morgan fingerprint density at radius 1 is 1.41 bits per heavy atom. The number of rotatable bonds is 3. The fourth-order valence-electron chi connectivity index (χ4n) is 3.43. The van der Waals surface area contributed by atoms with Crippen molar-refractivity contribution in [1.82, 2.24) is 19.8 Å². The summed E-state index contributed by atoms with van der Waals surface area (Å²) in [7, 11) is 0. The van der Waals surface area contributed by atoms with Gasteiger partial charge in [0, 0.05) is 38.1 Å². The van der Waals surface area contributed by atoms with Gasteiger partial charge in [0.15, 0.2) is 0 Å². The molecule has 4 heteroatoms. The summed E-state index contributed by atoms with van der Waals surface area (Å²) in [5.74, 6) is 2.88. The average molecular weight is 234 g/mol. The lowest BCUT2D eigenvalue weighted by Crippen LogP contribution is -2.35. The second-order valence-corrected chi connectivity index (χ2v) is 5.49.